The second-order valence-corrected chi connectivity index (χ2v) is 5.95. The molecule has 0 atom stereocenters. The van der Waals surface area contributed by atoms with Crippen molar-refractivity contribution in [2.75, 3.05) is 34.5 Å². The Hall–Kier alpha value is -2.19. The fourth-order valence-electron chi connectivity index (χ4n) is 2.21. The molecule has 1 heterocycles. The number of aromatic hydroxyl groups is 1. The normalized spacial score (nSPS) is 16.1. The van der Waals surface area contributed by atoms with Crippen molar-refractivity contribution in [1.29, 1.82) is 0 Å². The number of amides is 2. The third-order valence-corrected chi connectivity index (χ3v) is 4.31. The highest BCUT2D eigenvalue weighted by Gasteiger charge is 2.34. The summed E-state index contributed by atoms with van der Waals surface area (Å²) < 4.78 is 15.1. The molecule has 1 aromatic rings. The summed E-state index contributed by atoms with van der Waals surface area (Å²) in [6.45, 7) is 0.797. The Bertz CT molecular complexity index is 648. The third kappa shape index (κ3) is 3.82. The van der Waals surface area contributed by atoms with E-state index in [1.54, 1.807) is 25.3 Å². The number of phenols is 1. The summed E-state index contributed by atoms with van der Waals surface area (Å²) in [5.41, 5.74) is 0.587. The zero-order valence-electron chi connectivity index (χ0n) is 13.7. The molecule has 24 heavy (non-hydrogen) atoms. The minimum absolute atomic E-state index is 0.121. The van der Waals surface area contributed by atoms with E-state index in [1.165, 1.54) is 19.1 Å². The average Bonchev–Trinajstić information content (AvgIpc) is 2.83. The molecule has 0 radical (unpaired) electrons. The predicted octanol–water partition coefficient (Wildman–Crippen LogP) is 2.48. The maximum Gasteiger partial charge on any atom is 0.293 e. The SMILES string of the molecule is COCCCN1C(=O)S/C(=C/c2cc(OC)c(O)c(OC)c2)C1=O. The molecule has 2 rings (SSSR count). The van der Waals surface area contributed by atoms with Crippen molar-refractivity contribution in [3.05, 3.63) is 22.6 Å². The molecule has 2 amide bonds. The number of hydrogen-bond donors (Lipinski definition) is 1. The summed E-state index contributed by atoms with van der Waals surface area (Å²) in [6, 6.07) is 3.13. The highest BCUT2D eigenvalue weighted by Crippen LogP contribution is 2.39. The van der Waals surface area contributed by atoms with E-state index in [9.17, 15) is 14.7 Å². The number of thioether (sulfide) groups is 1. The Labute approximate surface area is 144 Å². The molecule has 1 saturated heterocycles. The first kappa shape index (κ1) is 18.2. The van der Waals surface area contributed by atoms with Crippen molar-refractivity contribution >= 4 is 29.0 Å². The summed E-state index contributed by atoms with van der Waals surface area (Å²) >= 11 is 0.879. The quantitative estimate of drug-likeness (QED) is 0.595. The van der Waals surface area contributed by atoms with Gasteiger partial charge < -0.3 is 19.3 Å². The van der Waals surface area contributed by atoms with Crippen LogP contribution in [0.4, 0.5) is 4.79 Å². The standard InChI is InChI=1S/C16H19NO6S/c1-21-6-4-5-17-15(19)13(24-16(17)20)9-10-7-11(22-2)14(18)12(8-10)23-3/h7-9,18H,4-6H2,1-3H3/b13-9+. The second kappa shape index (κ2) is 8.07. The first-order valence-corrected chi connectivity index (χ1v) is 8.02. The topological polar surface area (TPSA) is 85.3 Å². The van der Waals surface area contributed by atoms with Gasteiger partial charge in [0.05, 0.1) is 19.1 Å². The van der Waals surface area contributed by atoms with Crippen LogP contribution in [-0.4, -0.2) is 55.6 Å². The van der Waals surface area contributed by atoms with Gasteiger partial charge in [-0.25, -0.2) is 0 Å². The molecule has 1 fully saturated rings. The van der Waals surface area contributed by atoms with Gasteiger partial charge in [0.15, 0.2) is 11.5 Å². The Morgan fingerprint density at radius 2 is 1.79 bits per heavy atom. The van der Waals surface area contributed by atoms with Crippen LogP contribution in [0.3, 0.4) is 0 Å². The lowest BCUT2D eigenvalue weighted by Crippen LogP contribution is -2.29. The van der Waals surface area contributed by atoms with Gasteiger partial charge in [0.25, 0.3) is 11.1 Å². The molecule has 0 spiro atoms. The molecule has 0 aliphatic carbocycles. The number of methoxy groups -OCH3 is 3. The van der Waals surface area contributed by atoms with Gasteiger partial charge in [-0.15, -0.1) is 0 Å². The largest absolute Gasteiger partial charge is 0.502 e. The van der Waals surface area contributed by atoms with Crippen LogP contribution < -0.4 is 9.47 Å². The van der Waals surface area contributed by atoms with Crippen LogP contribution in [0.25, 0.3) is 6.08 Å². The van der Waals surface area contributed by atoms with E-state index in [0.717, 1.165) is 11.8 Å². The lowest BCUT2D eigenvalue weighted by molar-refractivity contribution is -0.122. The van der Waals surface area contributed by atoms with Gasteiger partial charge in [-0.3, -0.25) is 14.5 Å². The summed E-state index contributed by atoms with van der Waals surface area (Å²) in [7, 11) is 4.41. The van der Waals surface area contributed by atoms with Crippen LogP contribution in [0.15, 0.2) is 17.0 Å². The number of ether oxygens (including phenoxy) is 3. The predicted molar refractivity (Wildman–Crippen MR) is 90.4 cm³/mol. The zero-order valence-corrected chi connectivity index (χ0v) is 14.5. The number of phenolic OH excluding ortho intramolecular Hbond substituents is 1. The molecule has 7 nitrogen and oxygen atoms in total. The molecule has 1 aliphatic heterocycles. The van der Waals surface area contributed by atoms with Crippen molar-refractivity contribution in [2.45, 2.75) is 6.42 Å². The molecule has 0 saturated carbocycles. The van der Waals surface area contributed by atoms with Crippen LogP contribution >= 0.6 is 11.8 Å². The number of nitrogens with zero attached hydrogens (tertiary/aromatic N) is 1. The van der Waals surface area contributed by atoms with Crippen LogP contribution in [0, 0.1) is 0 Å². The molecule has 0 bridgehead atoms. The number of carbonyl (C=O) groups excluding carboxylic acids is 2. The van der Waals surface area contributed by atoms with Crippen LogP contribution in [0.5, 0.6) is 17.2 Å². The molecule has 130 valence electrons. The van der Waals surface area contributed by atoms with E-state index >= 15 is 0 Å². The van der Waals surface area contributed by atoms with E-state index in [-0.39, 0.29) is 28.4 Å². The summed E-state index contributed by atoms with van der Waals surface area (Å²) in [6.07, 6.45) is 2.16. The van der Waals surface area contributed by atoms with Crippen LogP contribution in [0.2, 0.25) is 0 Å². The van der Waals surface area contributed by atoms with Gasteiger partial charge in [0, 0.05) is 20.3 Å². The van der Waals surface area contributed by atoms with Crippen LogP contribution in [0.1, 0.15) is 12.0 Å². The minimum Gasteiger partial charge on any atom is -0.502 e. The fraction of sp³-hybridized carbons (Fsp3) is 0.375. The first-order chi connectivity index (χ1) is 11.5. The lowest BCUT2D eigenvalue weighted by atomic mass is 10.1. The molecule has 1 N–H and O–H groups in total. The summed E-state index contributed by atoms with van der Waals surface area (Å²) in [5, 5.41) is 9.61. The molecular formula is C16H19NO6S. The number of imide groups is 1. The third-order valence-electron chi connectivity index (χ3n) is 3.40. The van der Waals surface area contributed by atoms with Gasteiger partial charge >= 0.3 is 0 Å². The lowest BCUT2D eigenvalue weighted by Gasteiger charge is -2.11. The number of benzene rings is 1. The molecule has 1 aliphatic rings. The Morgan fingerprint density at radius 3 is 2.33 bits per heavy atom. The van der Waals surface area contributed by atoms with E-state index in [4.69, 9.17) is 14.2 Å². The highest BCUT2D eigenvalue weighted by molar-refractivity contribution is 8.18. The molecule has 8 heteroatoms. The van der Waals surface area contributed by atoms with Crippen molar-refractivity contribution in [2.24, 2.45) is 0 Å². The Balaban J connectivity index is 2.25. The van der Waals surface area contributed by atoms with Crippen molar-refractivity contribution < 1.29 is 28.9 Å². The maximum atomic E-state index is 12.4. The van der Waals surface area contributed by atoms with Gasteiger partial charge in [-0.05, 0) is 42.0 Å². The fourth-order valence-corrected chi connectivity index (χ4v) is 3.07. The number of rotatable bonds is 7. The first-order valence-electron chi connectivity index (χ1n) is 7.21. The van der Waals surface area contributed by atoms with E-state index in [1.807, 2.05) is 0 Å². The van der Waals surface area contributed by atoms with Gasteiger partial charge in [-0.2, -0.15) is 0 Å². The zero-order chi connectivity index (χ0) is 17.7. The summed E-state index contributed by atoms with van der Waals surface area (Å²) in [4.78, 5) is 25.8. The number of carbonyl (C=O) groups is 2. The van der Waals surface area contributed by atoms with Gasteiger partial charge in [0.1, 0.15) is 0 Å². The van der Waals surface area contributed by atoms with Crippen LogP contribution in [-0.2, 0) is 9.53 Å². The Morgan fingerprint density at radius 1 is 1.17 bits per heavy atom. The van der Waals surface area contributed by atoms with E-state index in [0.29, 0.717) is 30.0 Å². The van der Waals surface area contributed by atoms with Crippen molar-refractivity contribution in [3.63, 3.8) is 0 Å². The maximum absolute atomic E-state index is 12.4. The van der Waals surface area contributed by atoms with E-state index < -0.39 is 0 Å². The van der Waals surface area contributed by atoms with Gasteiger partial charge in [0.2, 0.25) is 5.75 Å². The molecule has 1 aromatic carbocycles. The minimum atomic E-state index is -0.341. The van der Waals surface area contributed by atoms with Crippen molar-refractivity contribution in [1.82, 2.24) is 4.90 Å². The monoisotopic (exact) mass is 353 g/mol. The van der Waals surface area contributed by atoms with Crippen molar-refractivity contribution in [3.8, 4) is 17.2 Å². The second-order valence-electron chi connectivity index (χ2n) is 4.95. The molecule has 0 aromatic heterocycles. The van der Waals surface area contributed by atoms with E-state index in [2.05, 4.69) is 0 Å². The van der Waals surface area contributed by atoms with Gasteiger partial charge in [-0.1, -0.05) is 0 Å². The highest BCUT2D eigenvalue weighted by atomic mass is 32.2. The average molecular weight is 353 g/mol. The summed E-state index contributed by atoms with van der Waals surface area (Å²) in [5.74, 6) is -0.0169. The Kier molecular flexibility index (Phi) is 6.10. The molecule has 0 unspecified atom stereocenters. The smallest absolute Gasteiger partial charge is 0.293 e. The number of hydrogen-bond acceptors (Lipinski definition) is 7. The molecular weight excluding hydrogens is 334 g/mol.